The monoisotopic (exact) mass is 453 g/mol. The zero-order chi connectivity index (χ0) is 23.5. The van der Waals surface area contributed by atoms with E-state index < -0.39 is 0 Å². The summed E-state index contributed by atoms with van der Waals surface area (Å²) in [4.78, 5) is 29.1. The SMILES string of the molecule is Cc1ccc(F)cc1NCCc1cc(C(=O)N(C)C)cc2c(=O)cc(N3CCOCC3)oc12. The van der Waals surface area contributed by atoms with Crippen LogP contribution >= 0.6 is 0 Å². The van der Waals surface area contributed by atoms with E-state index in [1.54, 1.807) is 32.3 Å². The first-order chi connectivity index (χ1) is 15.8. The maximum Gasteiger partial charge on any atom is 0.253 e. The quantitative estimate of drug-likeness (QED) is 0.616. The van der Waals surface area contributed by atoms with Crippen molar-refractivity contribution < 1.29 is 18.3 Å². The topological polar surface area (TPSA) is 75.0 Å². The van der Waals surface area contributed by atoms with Gasteiger partial charge in [0.15, 0.2) is 11.3 Å². The van der Waals surface area contributed by atoms with Crippen LogP contribution in [0.4, 0.5) is 16.0 Å². The molecule has 0 aliphatic carbocycles. The summed E-state index contributed by atoms with van der Waals surface area (Å²) >= 11 is 0. The van der Waals surface area contributed by atoms with Crippen molar-refractivity contribution in [1.82, 2.24) is 4.90 Å². The molecule has 174 valence electrons. The van der Waals surface area contributed by atoms with Gasteiger partial charge in [0.05, 0.1) is 18.6 Å². The molecule has 0 spiro atoms. The van der Waals surface area contributed by atoms with Crippen LogP contribution in [-0.4, -0.2) is 57.8 Å². The number of hydrogen-bond acceptors (Lipinski definition) is 6. The van der Waals surface area contributed by atoms with E-state index in [0.717, 1.165) is 11.1 Å². The fraction of sp³-hybridized carbons (Fsp3) is 0.360. The molecule has 0 atom stereocenters. The lowest BCUT2D eigenvalue weighted by Gasteiger charge is -2.27. The number of hydrogen-bond donors (Lipinski definition) is 1. The first kappa shape index (κ1) is 22.8. The number of morpholine rings is 1. The highest BCUT2D eigenvalue weighted by Gasteiger charge is 2.19. The second-order valence-corrected chi connectivity index (χ2v) is 8.40. The second kappa shape index (κ2) is 9.62. The number of carbonyl (C=O) groups is 1. The standard InChI is InChI=1S/C25H28FN3O4/c1-16-4-5-19(26)14-21(16)27-7-6-17-12-18(25(31)28(2)3)13-20-22(30)15-23(33-24(17)20)29-8-10-32-11-9-29/h4-5,12-15,27H,6-11H2,1-3H3. The van der Waals surface area contributed by atoms with Crippen LogP contribution in [0.2, 0.25) is 0 Å². The number of carbonyl (C=O) groups excluding carboxylic acids is 1. The third-order valence-corrected chi connectivity index (χ3v) is 5.78. The van der Waals surface area contributed by atoms with Gasteiger partial charge in [-0.3, -0.25) is 9.59 Å². The summed E-state index contributed by atoms with van der Waals surface area (Å²) in [6, 6.07) is 9.45. The van der Waals surface area contributed by atoms with E-state index in [-0.39, 0.29) is 17.2 Å². The van der Waals surface area contributed by atoms with Crippen molar-refractivity contribution in [1.29, 1.82) is 0 Å². The van der Waals surface area contributed by atoms with Gasteiger partial charge in [0.2, 0.25) is 0 Å². The average Bonchev–Trinajstić information content (AvgIpc) is 2.81. The summed E-state index contributed by atoms with van der Waals surface area (Å²) in [5.74, 6) is -0.00492. The molecule has 1 amide bonds. The average molecular weight is 454 g/mol. The molecule has 0 saturated carbocycles. The smallest absolute Gasteiger partial charge is 0.253 e. The highest BCUT2D eigenvalue weighted by atomic mass is 19.1. The van der Waals surface area contributed by atoms with Crippen molar-refractivity contribution in [2.75, 3.05) is 57.2 Å². The number of nitrogens with one attached hydrogen (secondary N) is 1. The fourth-order valence-electron chi connectivity index (χ4n) is 3.94. The number of halogens is 1. The van der Waals surface area contributed by atoms with Gasteiger partial charge in [-0.05, 0) is 48.7 Å². The van der Waals surface area contributed by atoms with E-state index in [2.05, 4.69) is 5.32 Å². The molecule has 0 bridgehead atoms. The van der Waals surface area contributed by atoms with Crippen molar-refractivity contribution in [2.24, 2.45) is 0 Å². The molecule has 2 aromatic carbocycles. The first-order valence-corrected chi connectivity index (χ1v) is 11.0. The second-order valence-electron chi connectivity index (χ2n) is 8.40. The summed E-state index contributed by atoms with van der Waals surface area (Å²) in [5.41, 5.74) is 3.08. The number of nitrogens with zero attached hydrogens (tertiary/aromatic N) is 2. The number of amides is 1. The molecule has 1 aliphatic heterocycles. The Morgan fingerprint density at radius 2 is 1.91 bits per heavy atom. The zero-order valence-electron chi connectivity index (χ0n) is 19.1. The van der Waals surface area contributed by atoms with Gasteiger partial charge in [-0.2, -0.15) is 0 Å². The minimum absolute atomic E-state index is 0.191. The molecule has 1 aromatic heterocycles. The van der Waals surface area contributed by atoms with Crippen LogP contribution in [0.1, 0.15) is 21.5 Å². The Morgan fingerprint density at radius 3 is 2.64 bits per heavy atom. The predicted octanol–water partition coefficient (Wildman–Crippen LogP) is 3.43. The fourth-order valence-corrected chi connectivity index (χ4v) is 3.94. The highest BCUT2D eigenvalue weighted by Crippen LogP contribution is 2.26. The van der Waals surface area contributed by atoms with E-state index in [4.69, 9.17) is 9.15 Å². The Hall–Kier alpha value is -3.39. The third-order valence-electron chi connectivity index (χ3n) is 5.78. The van der Waals surface area contributed by atoms with Crippen molar-refractivity contribution in [3.63, 3.8) is 0 Å². The van der Waals surface area contributed by atoms with Gasteiger partial charge >= 0.3 is 0 Å². The molecule has 1 fully saturated rings. The summed E-state index contributed by atoms with van der Waals surface area (Å²) < 4.78 is 25.3. The van der Waals surface area contributed by atoms with Crippen LogP contribution in [0, 0.1) is 12.7 Å². The minimum Gasteiger partial charge on any atom is -0.440 e. The lowest BCUT2D eigenvalue weighted by Crippen LogP contribution is -2.36. The van der Waals surface area contributed by atoms with E-state index in [9.17, 15) is 14.0 Å². The Labute approximate surface area is 191 Å². The summed E-state index contributed by atoms with van der Waals surface area (Å²) in [6.07, 6.45) is 0.483. The van der Waals surface area contributed by atoms with Crippen LogP contribution in [-0.2, 0) is 11.2 Å². The van der Waals surface area contributed by atoms with Crippen molar-refractivity contribution in [2.45, 2.75) is 13.3 Å². The van der Waals surface area contributed by atoms with E-state index >= 15 is 0 Å². The van der Waals surface area contributed by atoms with Crippen LogP contribution in [0.3, 0.4) is 0 Å². The number of anilines is 2. The van der Waals surface area contributed by atoms with Crippen LogP contribution in [0.15, 0.2) is 45.6 Å². The van der Waals surface area contributed by atoms with Crippen molar-refractivity contribution in [3.8, 4) is 0 Å². The lowest BCUT2D eigenvalue weighted by atomic mass is 10.0. The van der Waals surface area contributed by atoms with Crippen LogP contribution < -0.4 is 15.6 Å². The highest BCUT2D eigenvalue weighted by molar-refractivity contribution is 5.98. The number of fused-ring (bicyclic) bond motifs is 1. The minimum atomic E-state index is -0.312. The van der Waals surface area contributed by atoms with Crippen molar-refractivity contribution >= 4 is 28.4 Å². The van der Waals surface area contributed by atoms with Gasteiger partial charge in [0.25, 0.3) is 5.91 Å². The van der Waals surface area contributed by atoms with E-state index in [1.807, 2.05) is 11.8 Å². The molecule has 1 N–H and O–H groups in total. The molecule has 3 aromatic rings. The Balaban J connectivity index is 1.71. The molecule has 7 nitrogen and oxygen atoms in total. The Bertz CT molecular complexity index is 1230. The molecule has 1 aliphatic rings. The predicted molar refractivity (Wildman–Crippen MR) is 127 cm³/mol. The van der Waals surface area contributed by atoms with E-state index in [0.29, 0.717) is 67.4 Å². The summed E-state index contributed by atoms with van der Waals surface area (Å²) in [6.45, 7) is 4.80. The zero-order valence-corrected chi connectivity index (χ0v) is 19.1. The normalized spacial score (nSPS) is 13.9. The first-order valence-electron chi connectivity index (χ1n) is 11.0. The van der Waals surface area contributed by atoms with Gasteiger partial charge in [-0.1, -0.05) is 6.07 Å². The van der Waals surface area contributed by atoms with Gasteiger partial charge in [0.1, 0.15) is 11.4 Å². The molecule has 0 unspecified atom stereocenters. The molecular weight excluding hydrogens is 425 g/mol. The summed E-state index contributed by atoms with van der Waals surface area (Å²) in [5, 5.41) is 3.62. The summed E-state index contributed by atoms with van der Waals surface area (Å²) in [7, 11) is 3.34. The van der Waals surface area contributed by atoms with Crippen LogP contribution in [0.5, 0.6) is 0 Å². The largest absolute Gasteiger partial charge is 0.440 e. The molecule has 4 rings (SSSR count). The van der Waals surface area contributed by atoms with Crippen molar-refractivity contribution in [3.05, 3.63) is 69.1 Å². The van der Waals surface area contributed by atoms with Gasteiger partial charge in [-0.15, -0.1) is 0 Å². The molecule has 8 heteroatoms. The van der Waals surface area contributed by atoms with E-state index in [1.165, 1.54) is 23.1 Å². The van der Waals surface area contributed by atoms with Crippen LogP contribution in [0.25, 0.3) is 11.0 Å². The lowest BCUT2D eigenvalue weighted by molar-refractivity contribution is 0.0827. The Kier molecular flexibility index (Phi) is 6.65. The molecule has 1 saturated heterocycles. The molecular formula is C25H28FN3O4. The molecule has 0 radical (unpaired) electrons. The molecule has 2 heterocycles. The maximum absolute atomic E-state index is 13.6. The third kappa shape index (κ3) is 5.01. The van der Waals surface area contributed by atoms with Gasteiger partial charge in [-0.25, -0.2) is 4.39 Å². The number of ether oxygens (including phenoxy) is 1. The number of benzene rings is 2. The van der Waals surface area contributed by atoms with Gasteiger partial charge < -0.3 is 24.3 Å². The number of aryl methyl sites for hydroxylation is 1. The molecule has 33 heavy (non-hydrogen) atoms. The van der Waals surface area contributed by atoms with Gasteiger partial charge in [0, 0.05) is 51.0 Å². The Morgan fingerprint density at radius 1 is 1.15 bits per heavy atom. The number of rotatable bonds is 6. The maximum atomic E-state index is 13.6.